The molecular formula is C14H29N3. The predicted octanol–water partition coefficient (Wildman–Crippen LogP) is 1.53. The Kier molecular flexibility index (Phi) is 4.83. The Labute approximate surface area is 106 Å². The number of nitrogens with zero attached hydrogens (tertiary/aromatic N) is 2. The molecule has 2 aliphatic heterocycles. The first-order chi connectivity index (χ1) is 8.26. The van der Waals surface area contributed by atoms with Crippen LogP contribution in [0.15, 0.2) is 0 Å². The maximum Gasteiger partial charge on any atom is 0.0244 e. The van der Waals surface area contributed by atoms with Crippen molar-refractivity contribution in [1.82, 2.24) is 9.80 Å². The number of rotatable bonds is 5. The Bertz CT molecular complexity index is 226. The predicted molar refractivity (Wildman–Crippen MR) is 73.1 cm³/mol. The molecule has 2 heterocycles. The van der Waals surface area contributed by atoms with E-state index >= 15 is 0 Å². The van der Waals surface area contributed by atoms with Gasteiger partial charge in [0, 0.05) is 31.7 Å². The van der Waals surface area contributed by atoms with Gasteiger partial charge in [-0.25, -0.2) is 0 Å². The lowest BCUT2D eigenvalue weighted by Crippen LogP contribution is -2.45. The number of hydrogen-bond donors (Lipinski definition) is 1. The third-order valence-electron chi connectivity index (χ3n) is 4.86. The summed E-state index contributed by atoms with van der Waals surface area (Å²) in [5.41, 5.74) is 5.97. The standard InChI is InChI=1S/C14H29N3/c1-3-12(2)14(10-15)17-9-6-13(11-17)16-7-4-5-8-16/h12-14H,3-11,15H2,1-2H3. The number of likely N-dealkylation sites (tertiary alicyclic amines) is 2. The average Bonchev–Trinajstić information content (AvgIpc) is 2.99. The van der Waals surface area contributed by atoms with E-state index in [1.54, 1.807) is 0 Å². The molecule has 0 aromatic rings. The zero-order valence-electron chi connectivity index (χ0n) is 11.6. The lowest BCUT2D eigenvalue weighted by molar-refractivity contribution is 0.163. The van der Waals surface area contributed by atoms with Crippen LogP contribution in [0.4, 0.5) is 0 Å². The maximum absolute atomic E-state index is 5.97. The first kappa shape index (κ1) is 13.3. The van der Waals surface area contributed by atoms with E-state index in [9.17, 15) is 0 Å². The van der Waals surface area contributed by atoms with Crippen molar-refractivity contribution in [2.45, 2.75) is 51.6 Å². The van der Waals surface area contributed by atoms with E-state index < -0.39 is 0 Å². The highest BCUT2D eigenvalue weighted by Crippen LogP contribution is 2.24. The largest absolute Gasteiger partial charge is 0.329 e. The van der Waals surface area contributed by atoms with Gasteiger partial charge < -0.3 is 5.73 Å². The summed E-state index contributed by atoms with van der Waals surface area (Å²) >= 11 is 0. The van der Waals surface area contributed by atoms with Crippen LogP contribution in [-0.4, -0.2) is 54.6 Å². The van der Waals surface area contributed by atoms with Gasteiger partial charge in [-0.05, 0) is 38.3 Å². The minimum atomic E-state index is 0.604. The van der Waals surface area contributed by atoms with E-state index in [0.29, 0.717) is 6.04 Å². The summed E-state index contributed by atoms with van der Waals surface area (Å²) in [5, 5.41) is 0. The van der Waals surface area contributed by atoms with Gasteiger partial charge in [-0.15, -0.1) is 0 Å². The highest BCUT2D eigenvalue weighted by atomic mass is 15.3. The minimum Gasteiger partial charge on any atom is -0.329 e. The molecule has 100 valence electrons. The van der Waals surface area contributed by atoms with E-state index in [1.165, 1.54) is 51.9 Å². The van der Waals surface area contributed by atoms with E-state index in [-0.39, 0.29) is 0 Å². The zero-order chi connectivity index (χ0) is 12.3. The molecular weight excluding hydrogens is 210 g/mol. The second kappa shape index (κ2) is 6.17. The highest BCUT2D eigenvalue weighted by Gasteiger charge is 2.33. The molecule has 0 spiro atoms. The molecule has 0 bridgehead atoms. The number of nitrogens with two attached hydrogens (primary N) is 1. The topological polar surface area (TPSA) is 32.5 Å². The van der Waals surface area contributed by atoms with Crippen LogP contribution in [0, 0.1) is 5.92 Å². The Morgan fingerprint density at radius 2 is 1.94 bits per heavy atom. The van der Waals surface area contributed by atoms with Gasteiger partial charge in [0.05, 0.1) is 0 Å². The van der Waals surface area contributed by atoms with Crippen molar-refractivity contribution >= 4 is 0 Å². The van der Waals surface area contributed by atoms with Gasteiger partial charge in [0.25, 0.3) is 0 Å². The van der Waals surface area contributed by atoms with Crippen LogP contribution in [0.1, 0.15) is 39.5 Å². The van der Waals surface area contributed by atoms with Crippen LogP contribution in [0.5, 0.6) is 0 Å². The number of hydrogen-bond acceptors (Lipinski definition) is 3. The van der Waals surface area contributed by atoms with Crippen molar-refractivity contribution in [3.05, 3.63) is 0 Å². The maximum atomic E-state index is 5.97. The second-order valence-electron chi connectivity index (χ2n) is 5.87. The van der Waals surface area contributed by atoms with Crippen LogP contribution < -0.4 is 5.73 Å². The smallest absolute Gasteiger partial charge is 0.0244 e. The molecule has 2 N–H and O–H groups in total. The quantitative estimate of drug-likeness (QED) is 0.790. The molecule has 0 radical (unpaired) electrons. The average molecular weight is 239 g/mol. The summed E-state index contributed by atoms with van der Waals surface area (Å²) in [6, 6.07) is 1.42. The van der Waals surface area contributed by atoms with Gasteiger partial charge in [-0.2, -0.15) is 0 Å². The van der Waals surface area contributed by atoms with Crippen molar-refractivity contribution in [3.63, 3.8) is 0 Å². The molecule has 0 aliphatic carbocycles. The summed E-state index contributed by atoms with van der Waals surface area (Å²) in [6.45, 7) is 10.6. The van der Waals surface area contributed by atoms with Crippen LogP contribution >= 0.6 is 0 Å². The second-order valence-corrected chi connectivity index (χ2v) is 5.87. The van der Waals surface area contributed by atoms with Crippen LogP contribution in [0.25, 0.3) is 0 Å². The minimum absolute atomic E-state index is 0.604. The lowest BCUT2D eigenvalue weighted by atomic mass is 9.98. The molecule has 0 aromatic carbocycles. The Morgan fingerprint density at radius 3 is 2.53 bits per heavy atom. The molecule has 2 aliphatic rings. The molecule has 2 rings (SSSR count). The van der Waals surface area contributed by atoms with Gasteiger partial charge in [-0.3, -0.25) is 9.80 Å². The monoisotopic (exact) mass is 239 g/mol. The fourth-order valence-corrected chi connectivity index (χ4v) is 3.49. The van der Waals surface area contributed by atoms with Crippen LogP contribution in [0.2, 0.25) is 0 Å². The Balaban J connectivity index is 1.87. The SMILES string of the molecule is CCC(C)C(CN)N1CCC(N2CCCC2)C1. The third kappa shape index (κ3) is 3.01. The van der Waals surface area contributed by atoms with Gasteiger partial charge in [-0.1, -0.05) is 20.3 Å². The van der Waals surface area contributed by atoms with Crippen LogP contribution in [-0.2, 0) is 0 Å². The van der Waals surface area contributed by atoms with E-state index in [0.717, 1.165) is 18.5 Å². The Morgan fingerprint density at radius 1 is 1.24 bits per heavy atom. The fourth-order valence-electron chi connectivity index (χ4n) is 3.49. The molecule has 2 fully saturated rings. The molecule has 2 saturated heterocycles. The first-order valence-electron chi connectivity index (χ1n) is 7.44. The molecule has 0 saturated carbocycles. The molecule has 3 heteroatoms. The van der Waals surface area contributed by atoms with Crippen LogP contribution in [0.3, 0.4) is 0 Å². The molecule has 0 aromatic heterocycles. The van der Waals surface area contributed by atoms with Crippen molar-refractivity contribution in [1.29, 1.82) is 0 Å². The van der Waals surface area contributed by atoms with Gasteiger partial charge in [0.2, 0.25) is 0 Å². The van der Waals surface area contributed by atoms with Gasteiger partial charge in [0.15, 0.2) is 0 Å². The molecule has 3 unspecified atom stereocenters. The molecule has 3 atom stereocenters. The van der Waals surface area contributed by atoms with Crippen molar-refractivity contribution in [3.8, 4) is 0 Å². The highest BCUT2D eigenvalue weighted by molar-refractivity contribution is 4.90. The summed E-state index contributed by atoms with van der Waals surface area (Å²) < 4.78 is 0. The fraction of sp³-hybridized carbons (Fsp3) is 1.00. The first-order valence-corrected chi connectivity index (χ1v) is 7.44. The summed E-state index contributed by atoms with van der Waals surface area (Å²) in [5.74, 6) is 0.734. The lowest BCUT2D eigenvalue weighted by Gasteiger charge is -2.32. The summed E-state index contributed by atoms with van der Waals surface area (Å²) in [7, 11) is 0. The third-order valence-corrected chi connectivity index (χ3v) is 4.86. The van der Waals surface area contributed by atoms with E-state index in [4.69, 9.17) is 5.73 Å². The zero-order valence-corrected chi connectivity index (χ0v) is 11.6. The van der Waals surface area contributed by atoms with Gasteiger partial charge >= 0.3 is 0 Å². The summed E-state index contributed by atoms with van der Waals surface area (Å²) in [6.07, 6.45) is 5.41. The Hall–Kier alpha value is -0.120. The molecule has 17 heavy (non-hydrogen) atoms. The summed E-state index contributed by atoms with van der Waals surface area (Å²) in [4.78, 5) is 5.35. The molecule has 3 nitrogen and oxygen atoms in total. The normalized spacial score (nSPS) is 30.9. The van der Waals surface area contributed by atoms with Crippen molar-refractivity contribution in [2.24, 2.45) is 11.7 Å². The van der Waals surface area contributed by atoms with E-state index in [2.05, 4.69) is 23.6 Å². The van der Waals surface area contributed by atoms with Crippen molar-refractivity contribution in [2.75, 3.05) is 32.7 Å². The van der Waals surface area contributed by atoms with Gasteiger partial charge in [0.1, 0.15) is 0 Å². The van der Waals surface area contributed by atoms with Crippen molar-refractivity contribution < 1.29 is 0 Å². The van der Waals surface area contributed by atoms with E-state index in [1.807, 2.05) is 0 Å². The molecule has 0 amide bonds.